The Hall–Kier alpha value is -2.46. The number of hydrogen-bond acceptors (Lipinski definition) is 5. The Morgan fingerprint density at radius 3 is 2.70 bits per heavy atom. The van der Waals surface area contributed by atoms with Crippen LogP contribution in [0.1, 0.15) is 23.2 Å². The van der Waals surface area contributed by atoms with E-state index in [2.05, 4.69) is 5.32 Å². The molecule has 0 bridgehead atoms. The first-order valence-corrected chi connectivity index (χ1v) is 10.1. The van der Waals surface area contributed by atoms with E-state index in [4.69, 9.17) is 5.11 Å². The molecule has 0 aliphatic carbocycles. The Labute approximate surface area is 157 Å². The number of carboxylic acid groups (broad SMARTS) is 1. The summed E-state index contributed by atoms with van der Waals surface area (Å²) in [5.74, 6) is -2.31. The van der Waals surface area contributed by atoms with Crippen LogP contribution in [0.15, 0.2) is 29.2 Å². The smallest absolute Gasteiger partial charge is 0.308 e. The summed E-state index contributed by atoms with van der Waals surface area (Å²) in [6.45, 7) is 0.690. The molecule has 0 spiro atoms. The molecule has 9 nitrogen and oxygen atoms in total. The molecule has 1 aromatic carbocycles. The summed E-state index contributed by atoms with van der Waals surface area (Å²) in [6, 6.07) is 5.65. The Bertz CT molecular complexity index is 869. The SMILES string of the molecule is O=C1CN(S(=O)(=O)c2cccc(C(=O)N3CCCC(C(=O)O)C3)c2)CCN1. The van der Waals surface area contributed by atoms with Crippen molar-refractivity contribution in [3.8, 4) is 0 Å². The van der Waals surface area contributed by atoms with Crippen LogP contribution in [0.4, 0.5) is 0 Å². The first kappa shape index (κ1) is 19.3. The number of carbonyl (C=O) groups excluding carboxylic acids is 2. The number of piperazine rings is 1. The van der Waals surface area contributed by atoms with Gasteiger partial charge in [-0.2, -0.15) is 4.31 Å². The fourth-order valence-electron chi connectivity index (χ4n) is 3.30. The number of sulfonamides is 1. The van der Waals surface area contributed by atoms with E-state index in [-0.39, 0.29) is 42.5 Å². The van der Waals surface area contributed by atoms with E-state index in [1.54, 1.807) is 0 Å². The molecule has 1 atom stereocenters. The van der Waals surface area contributed by atoms with E-state index in [1.807, 2.05) is 0 Å². The third kappa shape index (κ3) is 4.11. The van der Waals surface area contributed by atoms with Crippen LogP contribution in [-0.4, -0.2) is 73.2 Å². The minimum atomic E-state index is -3.90. The number of likely N-dealkylation sites (tertiary alicyclic amines) is 1. The molecule has 2 N–H and O–H groups in total. The number of rotatable bonds is 4. The molecule has 2 aliphatic rings. The average molecular weight is 395 g/mol. The number of hydrogen-bond donors (Lipinski definition) is 2. The summed E-state index contributed by atoms with van der Waals surface area (Å²) in [5.41, 5.74) is 0.184. The van der Waals surface area contributed by atoms with E-state index in [0.717, 1.165) is 4.31 Å². The lowest BCUT2D eigenvalue weighted by Gasteiger charge is -2.31. The quantitative estimate of drug-likeness (QED) is 0.724. The molecule has 2 amide bonds. The fraction of sp³-hybridized carbons (Fsp3) is 0.471. The second-order valence-electron chi connectivity index (χ2n) is 6.64. The zero-order valence-corrected chi connectivity index (χ0v) is 15.4. The summed E-state index contributed by atoms with van der Waals surface area (Å²) < 4.78 is 26.6. The van der Waals surface area contributed by atoms with Gasteiger partial charge in [-0.3, -0.25) is 14.4 Å². The van der Waals surface area contributed by atoms with Crippen LogP contribution in [0.5, 0.6) is 0 Å². The van der Waals surface area contributed by atoms with Gasteiger partial charge in [0.1, 0.15) is 0 Å². The van der Waals surface area contributed by atoms with Gasteiger partial charge in [-0.15, -0.1) is 0 Å². The molecule has 1 aromatic rings. The van der Waals surface area contributed by atoms with E-state index >= 15 is 0 Å². The highest BCUT2D eigenvalue weighted by atomic mass is 32.2. The van der Waals surface area contributed by atoms with Gasteiger partial charge in [-0.05, 0) is 31.0 Å². The highest BCUT2D eigenvalue weighted by Crippen LogP contribution is 2.22. The summed E-state index contributed by atoms with van der Waals surface area (Å²) in [4.78, 5) is 36.8. The van der Waals surface area contributed by atoms with Crippen LogP contribution in [0, 0.1) is 5.92 Å². The number of benzene rings is 1. The van der Waals surface area contributed by atoms with Crippen molar-refractivity contribution < 1.29 is 27.9 Å². The van der Waals surface area contributed by atoms with Crippen LogP contribution in [0.25, 0.3) is 0 Å². The highest BCUT2D eigenvalue weighted by Gasteiger charge is 2.31. The van der Waals surface area contributed by atoms with Crippen LogP contribution in [-0.2, 0) is 19.6 Å². The molecule has 2 aliphatic heterocycles. The number of nitrogens with zero attached hydrogens (tertiary/aromatic N) is 2. The van der Waals surface area contributed by atoms with Gasteiger partial charge in [-0.1, -0.05) is 6.07 Å². The van der Waals surface area contributed by atoms with E-state index in [0.29, 0.717) is 19.4 Å². The van der Waals surface area contributed by atoms with Crippen LogP contribution >= 0.6 is 0 Å². The number of carbonyl (C=O) groups is 3. The summed E-state index contributed by atoms with van der Waals surface area (Å²) in [5, 5.41) is 11.7. The number of nitrogens with one attached hydrogen (secondary N) is 1. The Morgan fingerprint density at radius 2 is 2.00 bits per heavy atom. The summed E-state index contributed by atoms with van der Waals surface area (Å²) in [7, 11) is -3.90. The van der Waals surface area contributed by atoms with E-state index < -0.39 is 27.8 Å². The second-order valence-corrected chi connectivity index (χ2v) is 8.58. The molecule has 3 rings (SSSR count). The predicted octanol–water partition coefficient (Wildman–Crippen LogP) is -0.256. The maximum absolute atomic E-state index is 12.8. The van der Waals surface area contributed by atoms with Crippen LogP contribution in [0.2, 0.25) is 0 Å². The monoisotopic (exact) mass is 395 g/mol. The molecular formula is C17H21N3O6S. The lowest BCUT2D eigenvalue weighted by molar-refractivity contribution is -0.143. The topological polar surface area (TPSA) is 124 Å². The minimum absolute atomic E-state index is 0.0603. The van der Waals surface area contributed by atoms with Crippen molar-refractivity contribution in [1.29, 1.82) is 0 Å². The Balaban J connectivity index is 1.81. The molecule has 0 radical (unpaired) electrons. The molecule has 2 fully saturated rings. The lowest BCUT2D eigenvalue weighted by Crippen LogP contribution is -2.49. The maximum Gasteiger partial charge on any atom is 0.308 e. The maximum atomic E-state index is 12.8. The molecule has 0 aromatic heterocycles. The van der Waals surface area contributed by atoms with Crippen molar-refractivity contribution >= 4 is 27.8 Å². The highest BCUT2D eigenvalue weighted by molar-refractivity contribution is 7.89. The minimum Gasteiger partial charge on any atom is -0.481 e. The third-order valence-electron chi connectivity index (χ3n) is 4.78. The molecule has 2 heterocycles. The van der Waals surface area contributed by atoms with E-state index in [1.165, 1.54) is 29.2 Å². The van der Waals surface area contributed by atoms with Gasteiger partial charge >= 0.3 is 5.97 Å². The standard InChI is InChI=1S/C17H21N3O6S/c21-15-11-20(8-6-18-15)27(25,26)14-5-1-3-12(9-14)16(22)19-7-2-4-13(10-19)17(23)24/h1,3,5,9,13H,2,4,6-8,10-11H2,(H,18,21)(H,23,24). The van der Waals surface area contributed by atoms with Crippen molar-refractivity contribution in [3.05, 3.63) is 29.8 Å². The normalized spacial score (nSPS) is 21.6. The predicted molar refractivity (Wildman–Crippen MR) is 94.5 cm³/mol. The van der Waals surface area contributed by atoms with Gasteiger partial charge in [0.25, 0.3) is 5.91 Å². The molecule has 27 heavy (non-hydrogen) atoms. The van der Waals surface area contributed by atoms with Gasteiger partial charge in [0, 0.05) is 31.7 Å². The average Bonchev–Trinajstić information content (AvgIpc) is 2.67. The molecule has 10 heteroatoms. The van der Waals surface area contributed by atoms with Crippen molar-refractivity contribution in [1.82, 2.24) is 14.5 Å². The van der Waals surface area contributed by atoms with Crippen molar-refractivity contribution in [3.63, 3.8) is 0 Å². The molecule has 1 unspecified atom stereocenters. The Morgan fingerprint density at radius 1 is 1.22 bits per heavy atom. The van der Waals surface area contributed by atoms with Crippen molar-refractivity contribution in [2.24, 2.45) is 5.92 Å². The van der Waals surface area contributed by atoms with Gasteiger partial charge in [0.05, 0.1) is 17.4 Å². The Kier molecular flexibility index (Phi) is 5.47. The zero-order chi connectivity index (χ0) is 19.6. The largest absolute Gasteiger partial charge is 0.481 e. The van der Waals surface area contributed by atoms with Crippen LogP contribution in [0.3, 0.4) is 0 Å². The van der Waals surface area contributed by atoms with Gasteiger partial charge in [0.2, 0.25) is 15.9 Å². The summed E-state index contributed by atoms with van der Waals surface area (Å²) >= 11 is 0. The number of amides is 2. The lowest BCUT2D eigenvalue weighted by atomic mass is 9.97. The third-order valence-corrected chi connectivity index (χ3v) is 6.62. The first-order valence-electron chi connectivity index (χ1n) is 8.68. The summed E-state index contributed by atoms with van der Waals surface area (Å²) in [6.07, 6.45) is 1.11. The van der Waals surface area contributed by atoms with E-state index in [9.17, 15) is 22.8 Å². The molecular weight excluding hydrogens is 374 g/mol. The van der Waals surface area contributed by atoms with Gasteiger partial charge in [0.15, 0.2) is 0 Å². The molecule has 146 valence electrons. The fourth-order valence-corrected chi connectivity index (χ4v) is 4.75. The first-order chi connectivity index (χ1) is 12.8. The van der Waals surface area contributed by atoms with Gasteiger partial charge in [-0.25, -0.2) is 8.42 Å². The second kappa shape index (κ2) is 7.65. The van der Waals surface area contributed by atoms with Gasteiger partial charge < -0.3 is 15.3 Å². The zero-order valence-electron chi connectivity index (χ0n) is 14.6. The van der Waals surface area contributed by atoms with Crippen molar-refractivity contribution in [2.75, 3.05) is 32.7 Å². The number of aliphatic carboxylic acids is 1. The number of carboxylic acids is 1. The van der Waals surface area contributed by atoms with Crippen molar-refractivity contribution in [2.45, 2.75) is 17.7 Å². The molecule has 0 saturated carbocycles. The van der Waals surface area contributed by atoms with Crippen LogP contribution < -0.4 is 5.32 Å². The number of piperidine rings is 1. The molecule has 2 saturated heterocycles.